The summed E-state index contributed by atoms with van der Waals surface area (Å²) in [5, 5.41) is 12.5. The Hall–Kier alpha value is -3.67. The predicted molar refractivity (Wildman–Crippen MR) is 125 cm³/mol. The molecule has 0 aliphatic carbocycles. The lowest BCUT2D eigenvalue weighted by atomic mass is 10.1. The van der Waals surface area contributed by atoms with Crippen LogP contribution in [-0.2, 0) is 11.3 Å². The van der Waals surface area contributed by atoms with Crippen LogP contribution in [0.2, 0.25) is 0 Å². The van der Waals surface area contributed by atoms with E-state index in [1.165, 1.54) is 0 Å². The molecule has 4 rings (SSSR count). The van der Waals surface area contributed by atoms with Crippen molar-refractivity contribution in [3.63, 3.8) is 0 Å². The topological polar surface area (TPSA) is 105 Å². The molecule has 3 heterocycles. The van der Waals surface area contributed by atoms with Crippen molar-refractivity contribution in [2.45, 2.75) is 46.3 Å². The highest BCUT2D eigenvalue weighted by molar-refractivity contribution is 5.98. The molecule has 2 aliphatic heterocycles. The third-order valence-electron chi connectivity index (χ3n) is 6.31. The van der Waals surface area contributed by atoms with Crippen LogP contribution in [0.3, 0.4) is 0 Å². The first-order valence-electron chi connectivity index (χ1n) is 11.3. The standard InChI is InChI=1S/C24H29N7O2/c1-15(2)31-14-20-21(23(31)33)27-24(30-11-9-29(10-12-30)17(4)32)28-22(20)26-16(3)19-7-5-18(13-25)6-8-19/h5-8,15-16H,9-12,14H2,1-4H3,(H,26,27,28). The molecule has 0 spiro atoms. The zero-order valence-corrected chi connectivity index (χ0v) is 19.5. The molecular formula is C24H29N7O2. The molecule has 1 saturated heterocycles. The normalized spacial score (nSPS) is 16.6. The number of hydrogen-bond acceptors (Lipinski definition) is 7. The molecule has 2 aromatic rings. The van der Waals surface area contributed by atoms with Crippen molar-refractivity contribution in [1.82, 2.24) is 19.8 Å². The van der Waals surface area contributed by atoms with Gasteiger partial charge in [-0.3, -0.25) is 9.59 Å². The van der Waals surface area contributed by atoms with E-state index < -0.39 is 0 Å². The van der Waals surface area contributed by atoms with Crippen LogP contribution in [0.1, 0.15) is 60.9 Å². The van der Waals surface area contributed by atoms with Gasteiger partial charge < -0.3 is 20.0 Å². The van der Waals surface area contributed by atoms with Gasteiger partial charge in [0.2, 0.25) is 11.9 Å². The number of anilines is 2. The Bertz CT molecular complexity index is 1100. The molecule has 9 heteroatoms. The van der Waals surface area contributed by atoms with Gasteiger partial charge in [0.05, 0.1) is 18.2 Å². The van der Waals surface area contributed by atoms with E-state index in [1.807, 2.05) is 42.7 Å². The van der Waals surface area contributed by atoms with E-state index in [1.54, 1.807) is 24.0 Å². The average Bonchev–Trinajstić information content (AvgIpc) is 3.16. The van der Waals surface area contributed by atoms with Crippen LogP contribution in [0.4, 0.5) is 11.8 Å². The summed E-state index contributed by atoms with van der Waals surface area (Å²) in [6.45, 7) is 10.5. The van der Waals surface area contributed by atoms with Crippen LogP contribution >= 0.6 is 0 Å². The average molecular weight is 448 g/mol. The van der Waals surface area contributed by atoms with Gasteiger partial charge in [0.15, 0.2) is 0 Å². The van der Waals surface area contributed by atoms with E-state index in [0.717, 1.165) is 11.1 Å². The van der Waals surface area contributed by atoms with Crippen molar-refractivity contribution in [1.29, 1.82) is 5.26 Å². The van der Waals surface area contributed by atoms with Crippen LogP contribution in [0, 0.1) is 11.3 Å². The maximum absolute atomic E-state index is 13.1. The van der Waals surface area contributed by atoms with Gasteiger partial charge in [-0.05, 0) is 38.5 Å². The van der Waals surface area contributed by atoms with E-state index >= 15 is 0 Å². The van der Waals surface area contributed by atoms with Gasteiger partial charge in [0.1, 0.15) is 11.5 Å². The first-order chi connectivity index (χ1) is 15.8. The molecule has 0 saturated carbocycles. The molecule has 1 aromatic carbocycles. The first-order valence-corrected chi connectivity index (χ1v) is 11.3. The molecular weight excluding hydrogens is 418 g/mol. The number of hydrogen-bond donors (Lipinski definition) is 1. The molecule has 0 radical (unpaired) electrons. The minimum Gasteiger partial charge on any atom is -0.363 e. The number of carbonyl (C=O) groups is 2. The Balaban J connectivity index is 1.65. The fourth-order valence-corrected chi connectivity index (χ4v) is 4.21. The fraction of sp³-hybridized carbons (Fsp3) is 0.458. The predicted octanol–water partition coefficient (Wildman–Crippen LogP) is 2.55. The number of fused-ring (bicyclic) bond motifs is 1. The molecule has 1 fully saturated rings. The molecule has 9 nitrogen and oxygen atoms in total. The summed E-state index contributed by atoms with van der Waals surface area (Å²) >= 11 is 0. The number of aromatic nitrogens is 2. The molecule has 1 aromatic heterocycles. The summed E-state index contributed by atoms with van der Waals surface area (Å²) in [5.41, 5.74) is 2.87. The third-order valence-corrected chi connectivity index (χ3v) is 6.31. The number of carbonyl (C=O) groups excluding carboxylic acids is 2. The number of rotatable bonds is 5. The van der Waals surface area contributed by atoms with Crippen molar-refractivity contribution in [3.05, 3.63) is 46.6 Å². The van der Waals surface area contributed by atoms with Crippen LogP contribution < -0.4 is 10.2 Å². The summed E-state index contributed by atoms with van der Waals surface area (Å²) in [4.78, 5) is 39.9. The van der Waals surface area contributed by atoms with Gasteiger partial charge in [-0.2, -0.15) is 10.2 Å². The molecule has 1 atom stereocenters. The first kappa shape index (κ1) is 22.5. The van der Waals surface area contributed by atoms with Crippen molar-refractivity contribution >= 4 is 23.6 Å². The zero-order chi connectivity index (χ0) is 23.7. The second kappa shape index (κ2) is 9.06. The van der Waals surface area contributed by atoms with Gasteiger partial charge >= 0.3 is 0 Å². The quantitative estimate of drug-likeness (QED) is 0.751. The zero-order valence-electron chi connectivity index (χ0n) is 19.5. The van der Waals surface area contributed by atoms with E-state index in [-0.39, 0.29) is 23.9 Å². The Kier molecular flexibility index (Phi) is 6.18. The van der Waals surface area contributed by atoms with E-state index in [4.69, 9.17) is 10.2 Å². The van der Waals surface area contributed by atoms with Gasteiger partial charge in [0, 0.05) is 50.7 Å². The summed E-state index contributed by atoms with van der Waals surface area (Å²) in [6, 6.07) is 9.54. The van der Waals surface area contributed by atoms with Gasteiger partial charge in [-0.1, -0.05) is 12.1 Å². The van der Waals surface area contributed by atoms with E-state index in [2.05, 4.69) is 16.4 Å². The highest BCUT2D eigenvalue weighted by Gasteiger charge is 2.35. The smallest absolute Gasteiger partial charge is 0.273 e. The van der Waals surface area contributed by atoms with Gasteiger partial charge in [-0.15, -0.1) is 0 Å². The van der Waals surface area contributed by atoms with E-state index in [9.17, 15) is 9.59 Å². The van der Waals surface area contributed by atoms with Crippen LogP contribution in [0.15, 0.2) is 24.3 Å². The number of benzene rings is 1. The molecule has 2 aliphatic rings. The second-order valence-electron chi connectivity index (χ2n) is 8.82. The Morgan fingerprint density at radius 2 is 1.76 bits per heavy atom. The summed E-state index contributed by atoms with van der Waals surface area (Å²) in [6.07, 6.45) is 0. The number of nitrogens with one attached hydrogen (secondary N) is 1. The molecule has 0 bridgehead atoms. The Labute approximate surface area is 194 Å². The lowest BCUT2D eigenvalue weighted by Crippen LogP contribution is -2.48. The van der Waals surface area contributed by atoms with Crippen LogP contribution in [0.5, 0.6) is 0 Å². The lowest BCUT2D eigenvalue weighted by Gasteiger charge is -2.34. The second-order valence-corrected chi connectivity index (χ2v) is 8.82. The molecule has 2 amide bonds. The van der Waals surface area contributed by atoms with Crippen molar-refractivity contribution in [3.8, 4) is 6.07 Å². The monoisotopic (exact) mass is 447 g/mol. The van der Waals surface area contributed by atoms with Gasteiger partial charge in [-0.25, -0.2) is 4.98 Å². The maximum Gasteiger partial charge on any atom is 0.273 e. The SMILES string of the molecule is CC(=O)N1CCN(c2nc(NC(C)c3ccc(C#N)cc3)c3c(n2)C(=O)N(C(C)C)C3)CC1. The molecule has 172 valence electrons. The van der Waals surface area contributed by atoms with Crippen molar-refractivity contribution in [2.24, 2.45) is 0 Å². The highest BCUT2D eigenvalue weighted by atomic mass is 16.2. The number of nitriles is 1. The lowest BCUT2D eigenvalue weighted by molar-refractivity contribution is -0.129. The summed E-state index contributed by atoms with van der Waals surface area (Å²) < 4.78 is 0. The number of piperazine rings is 1. The molecule has 1 N–H and O–H groups in total. The van der Waals surface area contributed by atoms with Crippen LogP contribution in [-0.4, -0.2) is 63.8 Å². The van der Waals surface area contributed by atoms with Gasteiger partial charge in [0.25, 0.3) is 5.91 Å². The fourth-order valence-electron chi connectivity index (χ4n) is 4.21. The van der Waals surface area contributed by atoms with E-state index in [0.29, 0.717) is 55.7 Å². The summed E-state index contributed by atoms with van der Waals surface area (Å²) in [5.74, 6) is 1.13. The molecule has 33 heavy (non-hydrogen) atoms. The maximum atomic E-state index is 13.1. The van der Waals surface area contributed by atoms with Crippen molar-refractivity contribution in [2.75, 3.05) is 36.4 Å². The molecule has 1 unspecified atom stereocenters. The third kappa shape index (κ3) is 4.46. The minimum absolute atomic E-state index is 0.0538. The number of nitrogens with zero attached hydrogens (tertiary/aromatic N) is 6. The Morgan fingerprint density at radius 3 is 2.33 bits per heavy atom. The Morgan fingerprint density at radius 1 is 1.09 bits per heavy atom. The largest absolute Gasteiger partial charge is 0.363 e. The minimum atomic E-state index is -0.0832. The number of amides is 2. The highest BCUT2D eigenvalue weighted by Crippen LogP contribution is 2.32. The van der Waals surface area contributed by atoms with Crippen LogP contribution in [0.25, 0.3) is 0 Å². The van der Waals surface area contributed by atoms with Crippen molar-refractivity contribution < 1.29 is 9.59 Å². The summed E-state index contributed by atoms with van der Waals surface area (Å²) in [7, 11) is 0.